The van der Waals surface area contributed by atoms with Crippen LogP contribution in [0.5, 0.6) is 17.2 Å². The Hall–Kier alpha value is -2.68. The highest BCUT2D eigenvalue weighted by Crippen LogP contribution is 2.41. The van der Waals surface area contributed by atoms with Gasteiger partial charge in [0.25, 0.3) is 0 Å². The van der Waals surface area contributed by atoms with Gasteiger partial charge in [0.1, 0.15) is 0 Å². The lowest BCUT2D eigenvalue weighted by Gasteiger charge is -2.18. The van der Waals surface area contributed by atoms with Crippen LogP contribution in [0.3, 0.4) is 0 Å². The zero-order valence-corrected chi connectivity index (χ0v) is 14.5. The largest absolute Gasteiger partial charge is 0.493 e. The summed E-state index contributed by atoms with van der Waals surface area (Å²) in [7, 11) is 4.90. The Kier molecular flexibility index (Phi) is 4.61. The molecule has 0 spiro atoms. The van der Waals surface area contributed by atoms with Crippen molar-refractivity contribution in [2.75, 3.05) is 21.3 Å². The van der Waals surface area contributed by atoms with E-state index in [0.717, 1.165) is 5.56 Å². The molecule has 0 bridgehead atoms. The van der Waals surface area contributed by atoms with E-state index in [1.165, 1.54) is 16.3 Å². The highest BCUT2D eigenvalue weighted by molar-refractivity contribution is 5.83. The van der Waals surface area contributed by atoms with Crippen molar-refractivity contribution in [3.05, 3.63) is 65.7 Å². The van der Waals surface area contributed by atoms with Gasteiger partial charge in [0, 0.05) is 5.92 Å². The molecule has 3 heteroatoms. The molecule has 0 saturated heterocycles. The third kappa shape index (κ3) is 2.90. The molecule has 3 aromatic rings. The minimum atomic E-state index is 0.211. The fourth-order valence-electron chi connectivity index (χ4n) is 3.02. The summed E-state index contributed by atoms with van der Waals surface area (Å²) < 4.78 is 16.3. The first-order valence-corrected chi connectivity index (χ1v) is 7.96. The van der Waals surface area contributed by atoms with Gasteiger partial charge in [-0.25, -0.2) is 0 Å². The van der Waals surface area contributed by atoms with E-state index < -0.39 is 0 Å². The van der Waals surface area contributed by atoms with E-state index in [4.69, 9.17) is 14.2 Å². The average molecular weight is 322 g/mol. The standard InChI is InChI=1S/C21H22O3/c1-14(16-10-9-15-7-5-6-8-17(15)11-16)18-12-19(22-2)21(24-4)20(13-18)23-3/h5-14H,1-4H3/t14-/m1/s1. The van der Waals surface area contributed by atoms with E-state index in [9.17, 15) is 0 Å². The van der Waals surface area contributed by atoms with Crippen LogP contribution in [-0.2, 0) is 0 Å². The van der Waals surface area contributed by atoms with E-state index in [2.05, 4.69) is 49.4 Å². The van der Waals surface area contributed by atoms with Crippen LogP contribution in [0.4, 0.5) is 0 Å². The molecule has 0 unspecified atom stereocenters. The quantitative estimate of drug-likeness (QED) is 0.660. The second-order valence-corrected chi connectivity index (χ2v) is 5.79. The molecular weight excluding hydrogens is 300 g/mol. The second-order valence-electron chi connectivity index (χ2n) is 5.79. The van der Waals surface area contributed by atoms with Crippen molar-refractivity contribution in [2.24, 2.45) is 0 Å². The molecule has 124 valence electrons. The van der Waals surface area contributed by atoms with Crippen molar-refractivity contribution in [1.29, 1.82) is 0 Å². The van der Waals surface area contributed by atoms with Gasteiger partial charge < -0.3 is 14.2 Å². The molecule has 0 amide bonds. The third-order valence-electron chi connectivity index (χ3n) is 4.46. The molecule has 0 aliphatic heterocycles. The van der Waals surface area contributed by atoms with Crippen molar-refractivity contribution in [1.82, 2.24) is 0 Å². The fourth-order valence-corrected chi connectivity index (χ4v) is 3.02. The van der Waals surface area contributed by atoms with Crippen LogP contribution >= 0.6 is 0 Å². The first kappa shape index (κ1) is 16.2. The Morgan fingerprint density at radius 1 is 0.667 bits per heavy atom. The van der Waals surface area contributed by atoms with Crippen LogP contribution in [0, 0.1) is 0 Å². The van der Waals surface area contributed by atoms with Crippen molar-refractivity contribution in [2.45, 2.75) is 12.8 Å². The molecule has 3 aromatic carbocycles. The fraction of sp³-hybridized carbons (Fsp3) is 0.238. The van der Waals surface area contributed by atoms with Crippen LogP contribution in [0.25, 0.3) is 10.8 Å². The molecule has 0 heterocycles. The molecule has 0 saturated carbocycles. The van der Waals surface area contributed by atoms with Gasteiger partial charge in [0.2, 0.25) is 5.75 Å². The van der Waals surface area contributed by atoms with Crippen LogP contribution in [-0.4, -0.2) is 21.3 Å². The highest BCUT2D eigenvalue weighted by Gasteiger charge is 2.17. The summed E-state index contributed by atoms with van der Waals surface area (Å²) in [5.41, 5.74) is 2.38. The van der Waals surface area contributed by atoms with Crippen molar-refractivity contribution >= 4 is 10.8 Å². The number of hydrogen-bond acceptors (Lipinski definition) is 3. The molecule has 1 atom stereocenters. The number of hydrogen-bond donors (Lipinski definition) is 0. The SMILES string of the molecule is COc1cc([C@H](C)c2ccc3ccccc3c2)cc(OC)c1OC. The topological polar surface area (TPSA) is 27.7 Å². The van der Waals surface area contributed by atoms with Gasteiger partial charge in [0.05, 0.1) is 21.3 Å². The van der Waals surface area contributed by atoms with Gasteiger partial charge in [-0.05, 0) is 34.0 Å². The van der Waals surface area contributed by atoms with E-state index in [-0.39, 0.29) is 5.92 Å². The molecule has 0 aromatic heterocycles. The summed E-state index contributed by atoms with van der Waals surface area (Å²) in [6, 6.07) is 19.0. The Morgan fingerprint density at radius 2 is 1.29 bits per heavy atom. The predicted molar refractivity (Wildman–Crippen MR) is 97.6 cm³/mol. The third-order valence-corrected chi connectivity index (χ3v) is 4.46. The van der Waals surface area contributed by atoms with E-state index >= 15 is 0 Å². The smallest absolute Gasteiger partial charge is 0.203 e. The summed E-state index contributed by atoms with van der Waals surface area (Å²) in [5.74, 6) is 2.19. The van der Waals surface area contributed by atoms with Gasteiger partial charge in [-0.1, -0.05) is 49.4 Å². The molecule has 0 N–H and O–H groups in total. The van der Waals surface area contributed by atoms with Gasteiger partial charge in [-0.2, -0.15) is 0 Å². The first-order chi connectivity index (χ1) is 11.7. The second kappa shape index (κ2) is 6.83. The molecule has 24 heavy (non-hydrogen) atoms. The average Bonchev–Trinajstić information content (AvgIpc) is 2.65. The van der Waals surface area contributed by atoms with E-state index in [1.54, 1.807) is 21.3 Å². The Labute approximate surface area is 142 Å². The first-order valence-electron chi connectivity index (χ1n) is 7.96. The zero-order chi connectivity index (χ0) is 17.1. The molecule has 0 aliphatic carbocycles. The maximum Gasteiger partial charge on any atom is 0.203 e. The molecule has 0 fully saturated rings. The lowest BCUT2D eigenvalue weighted by Crippen LogP contribution is -2.01. The highest BCUT2D eigenvalue weighted by atomic mass is 16.5. The summed E-state index contributed by atoms with van der Waals surface area (Å²) in [6.45, 7) is 2.19. The number of rotatable bonds is 5. The number of ether oxygens (including phenoxy) is 3. The maximum atomic E-state index is 5.47. The van der Waals surface area contributed by atoms with Gasteiger partial charge in [0.15, 0.2) is 11.5 Å². The molecular formula is C21H22O3. The lowest BCUT2D eigenvalue weighted by molar-refractivity contribution is 0.323. The summed E-state index contributed by atoms with van der Waals surface area (Å²) in [4.78, 5) is 0. The van der Waals surface area contributed by atoms with Crippen LogP contribution in [0.1, 0.15) is 24.0 Å². The van der Waals surface area contributed by atoms with Crippen molar-refractivity contribution < 1.29 is 14.2 Å². The predicted octanol–water partition coefficient (Wildman–Crippen LogP) is 5.02. The number of fused-ring (bicyclic) bond motifs is 1. The Morgan fingerprint density at radius 3 is 1.88 bits per heavy atom. The summed E-state index contributed by atoms with van der Waals surface area (Å²) in [6.07, 6.45) is 0. The van der Waals surface area contributed by atoms with Gasteiger partial charge in [-0.15, -0.1) is 0 Å². The van der Waals surface area contributed by atoms with Crippen LogP contribution < -0.4 is 14.2 Å². The maximum absolute atomic E-state index is 5.47. The molecule has 0 radical (unpaired) electrons. The number of benzene rings is 3. The van der Waals surface area contributed by atoms with Crippen LogP contribution in [0.2, 0.25) is 0 Å². The minimum Gasteiger partial charge on any atom is -0.493 e. The molecule has 3 rings (SSSR count). The van der Waals surface area contributed by atoms with E-state index in [1.807, 2.05) is 12.1 Å². The van der Waals surface area contributed by atoms with E-state index in [0.29, 0.717) is 17.2 Å². The van der Waals surface area contributed by atoms with Gasteiger partial charge in [-0.3, -0.25) is 0 Å². The monoisotopic (exact) mass is 322 g/mol. The Bertz CT molecular complexity index is 830. The zero-order valence-electron chi connectivity index (χ0n) is 14.5. The van der Waals surface area contributed by atoms with Gasteiger partial charge >= 0.3 is 0 Å². The van der Waals surface area contributed by atoms with Crippen LogP contribution in [0.15, 0.2) is 54.6 Å². The number of methoxy groups -OCH3 is 3. The van der Waals surface area contributed by atoms with Crippen molar-refractivity contribution in [3.8, 4) is 17.2 Å². The molecule has 3 nitrogen and oxygen atoms in total. The van der Waals surface area contributed by atoms with Crippen molar-refractivity contribution in [3.63, 3.8) is 0 Å². The lowest BCUT2D eigenvalue weighted by atomic mass is 9.91. The summed E-state index contributed by atoms with van der Waals surface area (Å²) >= 11 is 0. The summed E-state index contributed by atoms with van der Waals surface area (Å²) in [5, 5.41) is 2.49. The minimum absolute atomic E-state index is 0.211. The normalized spacial score (nSPS) is 12.0. The molecule has 0 aliphatic rings. The Balaban J connectivity index is 2.06.